The maximum absolute atomic E-state index is 11.7. The molecule has 0 unspecified atom stereocenters. The van der Waals surface area contributed by atoms with Crippen LogP contribution >= 0.6 is 11.3 Å². The van der Waals surface area contributed by atoms with Gasteiger partial charge >= 0.3 is 0 Å². The molecular weight excluding hydrogens is 234 g/mol. The van der Waals surface area contributed by atoms with Crippen molar-refractivity contribution in [3.63, 3.8) is 0 Å². The fraction of sp³-hybridized carbons (Fsp3) is 0.500. The first-order valence-electron chi connectivity index (χ1n) is 4.40. The Morgan fingerprint density at radius 1 is 1.60 bits per heavy atom. The molecule has 7 heteroatoms. The van der Waals surface area contributed by atoms with Gasteiger partial charge in [-0.3, -0.25) is 0 Å². The van der Waals surface area contributed by atoms with Gasteiger partial charge in [0, 0.05) is 0 Å². The number of nitrogens with zero attached hydrogens (tertiary/aromatic N) is 2. The highest BCUT2D eigenvalue weighted by Gasteiger charge is 2.20. The molecule has 0 aliphatic rings. The highest BCUT2D eigenvalue weighted by molar-refractivity contribution is 7.93. The van der Waals surface area contributed by atoms with Crippen molar-refractivity contribution >= 4 is 27.0 Å². The zero-order valence-corrected chi connectivity index (χ0v) is 9.86. The van der Waals surface area contributed by atoms with E-state index in [9.17, 15) is 8.42 Å². The third-order valence-electron chi connectivity index (χ3n) is 1.77. The molecule has 2 N–H and O–H groups in total. The van der Waals surface area contributed by atoms with Gasteiger partial charge in [-0.15, -0.1) is 0 Å². The SMILES string of the molecule is CCCCS(=O)(=O)c1nc(N)c(C#N)s1. The number of hydrogen-bond donors (Lipinski definition) is 1. The lowest BCUT2D eigenvalue weighted by Gasteiger charge is -1.97. The number of rotatable bonds is 4. The number of nitrogens with two attached hydrogens (primary N) is 1. The molecular formula is C8H11N3O2S2. The van der Waals surface area contributed by atoms with Crippen molar-refractivity contribution < 1.29 is 8.42 Å². The zero-order valence-electron chi connectivity index (χ0n) is 8.23. The number of anilines is 1. The van der Waals surface area contributed by atoms with Crippen LogP contribution < -0.4 is 5.73 Å². The Balaban J connectivity index is 3.02. The lowest BCUT2D eigenvalue weighted by atomic mass is 10.4. The molecule has 1 aromatic heterocycles. The van der Waals surface area contributed by atoms with E-state index in [0.29, 0.717) is 6.42 Å². The van der Waals surface area contributed by atoms with Crippen molar-refractivity contribution in [3.05, 3.63) is 4.88 Å². The van der Waals surface area contributed by atoms with Gasteiger partial charge in [-0.05, 0) is 6.42 Å². The standard InChI is InChI=1S/C8H11N3O2S2/c1-2-3-4-15(12,13)8-11-7(10)6(5-9)14-8/h2-4,10H2,1H3. The van der Waals surface area contributed by atoms with Gasteiger partial charge in [0.05, 0.1) is 5.75 Å². The number of unbranched alkanes of at least 4 members (excludes halogenated alkanes) is 1. The second-order valence-corrected chi connectivity index (χ2v) is 6.26. The Kier molecular flexibility index (Phi) is 3.66. The highest BCUT2D eigenvalue weighted by Crippen LogP contribution is 2.24. The Morgan fingerprint density at radius 3 is 2.73 bits per heavy atom. The van der Waals surface area contributed by atoms with Crippen LogP contribution in [0, 0.1) is 11.3 Å². The summed E-state index contributed by atoms with van der Waals surface area (Å²) in [6, 6.07) is 1.81. The minimum absolute atomic E-state index is 0.00225. The van der Waals surface area contributed by atoms with Crippen LogP contribution in [0.4, 0.5) is 5.82 Å². The van der Waals surface area contributed by atoms with Crippen LogP contribution in [0.15, 0.2) is 4.34 Å². The molecule has 0 radical (unpaired) electrons. The lowest BCUT2D eigenvalue weighted by molar-refractivity contribution is 0.592. The molecule has 0 aliphatic heterocycles. The van der Waals surface area contributed by atoms with E-state index in [-0.39, 0.29) is 20.8 Å². The fourth-order valence-electron chi connectivity index (χ4n) is 0.946. The second kappa shape index (κ2) is 4.59. The van der Waals surface area contributed by atoms with Crippen LogP contribution in [-0.2, 0) is 9.84 Å². The summed E-state index contributed by atoms with van der Waals surface area (Å²) >= 11 is 0.832. The van der Waals surface area contributed by atoms with Gasteiger partial charge in [0.2, 0.25) is 14.2 Å². The molecule has 0 fully saturated rings. The van der Waals surface area contributed by atoms with Crippen LogP contribution in [0.2, 0.25) is 0 Å². The molecule has 82 valence electrons. The molecule has 1 rings (SSSR count). The number of thiazole rings is 1. The molecule has 0 atom stereocenters. The normalized spacial score (nSPS) is 11.2. The molecule has 1 aromatic rings. The predicted molar refractivity (Wildman–Crippen MR) is 58.2 cm³/mol. The van der Waals surface area contributed by atoms with Gasteiger partial charge in [-0.2, -0.15) is 5.26 Å². The minimum atomic E-state index is -3.36. The summed E-state index contributed by atoms with van der Waals surface area (Å²) in [4.78, 5) is 3.85. The third kappa shape index (κ3) is 2.67. The average molecular weight is 245 g/mol. The van der Waals surface area contributed by atoms with Crippen molar-refractivity contribution in [2.24, 2.45) is 0 Å². The van der Waals surface area contributed by atoms with E-state index in [1.54, 1.807) is 0 Å². The largest absolute Gasteiger partial charge is 0.382 e. The molecule has 0 aromatic carbocycles. The first-order valence-corrected chi connectivity index (χ1v) is 6.87. The molecule has 0 saturated heterocycles. The number of aromatic nitrogens is 1. The minimum Gasteiger partial charge on any atom is -0.382 e. The number of nitriles is 1. The van der Waals surface area contributed by atoms with Crippen LogP contribution in [0.25, 0.3) is 0 Å². The van der Waals surface area contributed by atoms with E-state index in [1.807, 2.05) is 13.0 Å². The van der Waals surface area contributed by atoms with Gasteiger partial charge in [0.15, 0.2) is 5.82 Å². The van der Waals surface area contributed by atoms with E-state index in [0.717, 1.165) is 17.8 Å². The van der Waals surface area contributed by atoms with Crippen molar-refractivity contribution in [2.45, 2.75) is 24.1 Å². The van der Waals surface area contributed by atoms with Gasteiger partial charge in [-0.25, -0.2) is 13.4 Å². The Hall–Kier alpha value is -1.13. The summed E-state index contributed by atoms with van der Waals surface area (Å²) in [7, 11) is -3.36. The monoisotopic (exact) mass is 245 g/mol. The zero-order chi connectivity index (χ0) is 11.5. The van der Waals surface area contributed by atoms with Crippen LogP contribution in [0.1, 0.15) is 24.6 Å². The van der Waals surface area contributed by atoms with E-state index in [4.69, 9.17) is 11.0 Å². The van der Waals surface area contributed by atoms with Crippen molar-refractivity contribution in [1.29, 1.82) is 5.26 Å². The van der Waals surface area contributed by atoms with Gasteiger partial charge in [-0.1, -0.05) is 24.7 Å². The van der Waals surface area contributed by atoms with Gasteiger partial charge < -0.3 is 5.73 Å². The Morgan fingerprint density at radius 2 is 2.27 bits per heavy atom. The van der Waals surface area contributed by atoms with Gasteiger partial charge in [0.1, 0.15) is 10.9 Å². The summed E-state index contributed by atoms with van der Waals surface area (Å²) in [6.45, 7) is 1.91. The maximum atomic E-state index is 11.7. The maximum Gasteiger partial charge on any atom is 0.212 e. The molecule has 5 nitrogen and oxygen atoms in total. The summed E-state index contributed by atoms with van der Waals surface area (Å²) in [5, 5.41) is 8.62. The van der Waals surface area contributed by atoms with Gasteiger partial charge in [0.25, 0.3) is 0 Å². The molecule has 15 heavy (non-hydrogen) atoms. The molecule has 0 amide bonds. The fourth-order valence-corrected chi connectivity index (χ4v) is 3.55. The molecule has 0 bridgehead atoms. The van der Waals surface area contributed by atoms with Crippen molar-refractivity contribution in [3.8, 4) is 6.07 Å². The highest BCUT2D eigenvalue weighted by atomic mass is 32.2. The number of sulfone groups is 1. The Bertz CT molecular complexity index is 484. The topological polar surface area (TPSA) is 96.8 Å². The van der Waals surface area contributed by atoms with Crippen molar-refractivity contribution in [1.82, 2.24) is 4.98 Å². The second-order valence-electron chi connectivity index (χ2n) is 2.98. The van der Waals surface area contributed by atoms with E-state index in [1.165, 1.54) is 0 Å². The summed E-state index contributed by atoms with van der Waals surface area (Å²) in [5.41, 5.74) is 5.39. The van der Waals surface area contributed by atoms with E-state index >= 15 is 0 Å². The quantitative estimate of drug-likeness (QED) is 0.858. The molecule has 0 saturated carbocycles. The predicted octanol–water partition coefficient (Wildman–Crippen LogP) is 1.17. The summed E-state index contributed by atoms with van der Waals surface area (Å²) < 4.78 is 23.3. The summed E-state index contributed by atoms with van der Waals surface area (Å²) in [5.74, 6) is 0.0546. The Labute approximate surface area is 92.5 Å². The van der Waals surface area contributed by atoms with Crippen LogP contribution in [0.5, 0.6) is 0 Å². The first kappa shape index (κ1) is 11.9. The molecule has 0 spiro atoms. The lowest BCUT2D eigenvalue weighted by Crippen LogP contribution is -2.06. The third-order valence-corrected chi connectivity index (χ3v) is 5.00. The van der Waals surface area contributed by atoms with E-state index in [2.05, 4.69) is 4.98 Å². The average Bonchev–Trinajstić information content (AvgIpc) is 2.57. The number of hydrogen-bond acceptors (Lipinski definition) is 6. The summed E-state index contributed by atoms with van der Waals surface area (Å²) in [6.07, 6.45) is 1.38. The first-order chi connectivity index (χ1) is 7.01. The smallest absolute Gasteiger partial charge is 0.212 e. The van der Waals surface area contributed by atoms with Crippen LogP contribution in [0.3, 0.4) is 0 Å². The number of nitrogen functional groups attached to an aromatic ring is 1. The molecule has 1 heterocycles. The molecule has 0 aliphatic carbocycles. The van der Waals surface area contributed by atoms with Crippen molar-refractivity contribution in [2.75, 3.05) is 11.5 Å². The van der Waals surface area contributed by atoms with Crippen LogP contribution in [-0.4, -0.2) is 19.2 Å². The van der Waals surface area contributed by atoms with E-state index < -0.39 is 9.84 Å².